The number of halogens is 1. The van der Waals surface area contributed by atoms with E-state index >= 15 is 0 Å². The molecule has 1 N–H and O–H groups in total. The smallest absolute Gasteiger partial charge is 0.0785 e. The van der Waals surface area contributed by atoms with Crippen molar-refractivity contribution < 1.29 is 5.11 Å². The molecule has 0 aliphatic carbocycles. The molecule has 3 heteroatoms. The fourth-order valence-corrected chi connectivity index (χ4v) is 3.28. The fraction of sp³-hybridized carbons (Fsp3) is 0.111. The molecule has 0 bridgehead atoms. The van der Waals surface area contributed by atoms with Crippen molar-refractivity contribution in [1.82, 2.24) is 0 Å². The summed E-state index contributed by atoms with van der Waals surface area (Å²) in [5.41, 5.74) is 0. The molecule has 2 aromatic rings. The molecule has 0 aliphatic rings. The molecule has 0 spiro atoms. The van der Waals surface area contributed by atoms with Gasteiger partial charge >= 0.3 is 0 Å². The maximum absolute atomic E-state index is 9.03. The molecule has 0 fully saturated rings. The van der Waals surface area contributed by atoms with E-state index < -0.39 is 0 Å². The van der Waals surface area contributed by atoms with Crippen LogP contribution in [0.5, 0.6) is 0 Å². The number of fused-ring (bicyclic) bond motifs is 1. The summed E-state index contributed by atoms with van der Waals surface area (Å²) in [6.45, 7) is 0.150. The van der Waals surface area contributed by atoms with Gasteiger partial charge in [0.05, 0.1) is 6.61 Å². The topological polar surface area (TPSA) is 20.2 Å². The van der Waals surface area contributed by atoms with E-state index in [0.29, 0.717) is 0 Å². The summed E-state index contributed by atoms with van der Waals surface area (Å²) in [6.07, 6.45) is 0. The van der Waals surface area contributed by atoms with Crippen molar-refractivity contribution in [3.05, 3.63) is 32.7 Å². The highest BCUT2D eigenvalue weighted by molar-refractivity contribution is 14.1. The summed E-state index contributed by atoms with van der Waals surface area (Å²) in [5, 5.41) is 10.3. The molecule has 0 saturated carbocycles. The summed E-state index contributed by atoms with van der Waals surface area (Å²) in [5.74, 6) is 0. The van der Waals surface area contributed by atoms with Gasteiger partial charge in [-0.15, -0.1) is 11.3 Å². The van der Waals surface area contributed by atoms with Gasteiger partial charge in [0.1, 0.15) is 0 Å². The zero-order valence-corrected chi connectivity index (χ0v) is 9.22. The molecule has 12 heavy (non-hydrogen) atoms. The van der Waals surface area contributed by atoms with Crippen molar-refractivity contribution in [2.45, 2.75) is 6.61 Å². The van der Waals surface area contributed by atoms with Crippen molar-refractivity contribution in [1.29, 1.82) is 0 Å². The minimum absolute atomic E-state index is 0.150. The molecule has 1 aromatic carbocycles. The highest BCUT2D eigenvalue weighted by Crippen LogP contribution is 2.31. The van der Waals surface area contributed by atoms with Crippen molar-refractivity contribution in [2.75, 3.05) is 0 Å². The standard InChI is InChI=1S/C9H7IOS/c10-9-6-3-1-2-4-7(6)12-8(9)5-11/h1-4,11H,5H2. The van der Waals surface area contributed by atoms with Crippen molar-refractivity contribution in [3.8, 4) is 0 Å². The maximum Gasteiger partial charge on any atom is 0.0785 e. The Bertz CT molecular complexity index is 408. The van der Waals surface area contributed by atoms with Crippen LogP contribution in [0.2, 0.25) is 0 Å². The predicted molar refractivity (Wildman–Crippen MR) is 60.5 cm³/mol. The molecule has 0 saturated heterocycles. The Morgan fingerprint density at radius 3 is 2.75 bits per heavy atom. The van der Waals surface area contributed by atoms with E-state index in [1.54, 1.807) is 11.3 Å². The lowest BCUT2D eigenvalue weighted by Gasteiger charge is -1.89. The zero-order valence-electron chi connectivity index (χ0n) is 6.25. The van der Waals surface area contributed by atoms with Crippen LogP contribution in [-0.4, -0.2) is 5.11 Å². The molecular formula is C9H7IOS. The third kappa shape index (κ3) is 1.26. The first-order valence-electron chi connectivity index (χ1n) is 3.59. The number of thiophene rings is 1. The molecule has 1 heterocycles. The Morgan fingerprint density at radius 1 is 1.33 bits per heavy atom. The predicted octanol–water partition coefficient (Wildman–Crippen LogP) is 3.00. The molecule has 0 aliphatic heterocycles. The SMILES string of the molecule is OCc1sc2ccccc2c1I. The van der Waals surface area contributed by atoms with Crippen LogP contribution in [0.1, 0.15) is 4.88 Å². The third-order valence-corrected chi connectivity index (χ3v) is 4.50. The van der Waals surface area contributed by atoms with Gasteiger partial charge in [-0.2, -0.15) is 0 Å². The normalized spacial score (nSPS) is 10.8. The van der Waals surface area contributed by atoms with Gasteiger partial charge in [-0.05, 0) is 28.7 Å². The van der Waals surface area contributed by atoms with Gasteiger partial charge in [-0.1, -0.05) is 18.2 Å². The van der Waals surface area contributed by atoms with Crippen molar-refractivity contribution in [2.24, 2.45) is 0 Å². The van der Waals surface area contributed by atoms with Gasteiger partial charge in [-0.3, -0.25) is 0 Å². The maximum atomic E-state index is 9.03. The van der Waals surface area contributed by atoms with E-state index in [9.17, 15) is 0 Å². The first-order chi connectivity index (χ1) is 5.83. The monoisotopic (exact) mass is 290 g/mol. The zero-order chi connectivity index (χ0) is 8.55. The number of hydrogen-bond acceptors (Lipinski definition) is 2. The Hall–Kier alpha value is -0.130. The highest BCUT2D eigenvalue weighted by atomic mass is 127. The van der Waals surface area contributed by atoms with Gasteiger partial charge in [0.25, 0.3) is 0 Å². The fourth-order valence-electron chi connectivity index (χ4n) is 1.17. The lowest BCUT2D eigenvalue weighted by Crippen LogP contribution is -1.77. The number of aliphatic hydroxyl groups excluding tert-OH is 1. The summed E-state index contributed by atoms with van der Waals surface area (Å²) in [6, 6.07) is 8.22. The first-order valence-corrected chi connectivity index (χ1v) is 5.49. The van der Waals surface area contributed by atoms with Crippen LogP contribution in [0.3, 0.4) is 0 Å². The Kier molecular flexibility index (Phi) is 2.34. The third-order valence-electron chi connectivity index (χ3n) is 1.75. The van der Waals surface area contributed by atoms with Gasteiger partial charge in [-0.25, -0.2) is 0 Å². The number of benzene rings is 1. The Labute approximate surface area is 88.2 Å². The average Bonchev–Trinajstić information content (AvgIpc) is 2.44. The number of aliphatic hydroxyl groups is 1. The van der Waals surface area contributed by atoms with Gasteiger partial charge in [0.2, 0.25) is 0 Å². The van der Waals surface area contributed by atoms with Crippen LogP contribution in [0.25, 0.3) is 10.1 Å². The van der Waals surface area contributed by atoms with E-state index in [1.165, 1.54) is 13.7 Å². The summed E-state index contributed by atoms with van der Waals surface area (Å²) in [7, 11) is 0. The molecule has 0 atom stereocenters. The average molecular weight is 290 g/mol. The van der Waals surface area contributed by atoms with Crippen LogP contribution in [-0.2, 0) is 6.61 Å². The molecule has 0 radical (unpaired) electrons. The Balaban J connectivity index is 2.78. The molecule has 1 nitrogen and oxygen atoms in total. The van der Waals surface area contributed by atoms with E-state index in [2.05, 4.69) is 34.7 Å². The van der Waals surface area contributed by atoms with Crippen LogP contribution >= 0.6 is 33.9 Å². The lowest BCUT2D eigenvalue weighted by molar-refractivity contribution is 0.285. The molecular weight excluding hydrogens is 283 g/mol. The first kappa shape index (κ1) is 8.47. The summed E-state index contributed by atoms with van der Waals surface area (Å²) in [4.78, 5) is 1.07. The van der Waals surface area contributed by atoms with Crippen LogP contribution in [0.15, 0.2) is 24.3 Å². The second-order valence-corrected chi connectivity index (χ2v) is 4.71. The molecule has 2 rings (SSSR count). The summed E-state index contributed by atoms with van der Waals surface area (Å²) < 4.78 is 2.45. The second-order valence-electron chi connectivity index (χ2n) is 2.49. The highest BCUT2D eigenvalue weighted by Gasteiger charge is 2.06. The quantitative estimate of drug-likeness (QED) is 0.800. The van der Waals surface area contributed by atoms with Gasteiger partial charge in [0, 0.05) is 18.5 Å². The minimum Gasteiger partial charge on any atom is -0.391 e. The van der Waals surface area contributed by atoms with Gasteiger partial charge < -0.3 is 5.11 Å². The number of rotatable bonds is 1. The van der Waals surface area contributed by atoms with Crippen LogP contribution in [0.4, 0.5) is 0 Å². The summed E-state index contributed by atoms with van der Waals surface area (Å²) >= 11 is 3.95. The van der Waals surface area contributed by atoms with E-state index in [4.69, 9.17) is 5.11 Å². The molecule has 62 valence electrons. The Morgan fingerprint density at radius 2 is 2.08 bits per heavy atom. The second kappa shape index (κ2) is 3.32. The largest absolute Gasteiger partial charge is 0.391 e. The molecule has 0 unspecified atom stereocenters. The van der Waals surface area contributed by atoms with E-state index in [1.807, 2.05) is 12.1 Å². The van der Waals surface area contributed by atoms with Crippen LogP contribution in [0, 0.1) is 3.57 Å². The van der Waals surface area contributed by atoms with E-state index in [0.717, 1.165) is 4.88 Å². The molecule has 0 amide bonds. The number of hydrogen-bond donors (Lipinski definition) is 1. The van der Waals surface area contributed by atoms with Crippen molar-refractivity contribution >= 4 is 44.0 Å². The van der Waals surface area contributed by atoms with Crippen molar-refractivity contribution in [3.63, 3.8) is 0 Å². The molecule has 1 aromatic heterocycles. The van der Waals surface area contributed by atoms with E-state index in [-0.39, 0.29) is 6.61 Å². The van der Waals surface area contributed by atoms with Crippen LogP contribution < -0.4 is 0 Å². The lowest BCUT2D eigenvalue weighted by atomic mass is 10.2. The van der Waals surface area contributed by atoms with Gasteiger partial charge in [0.15, 0.2) is 0 Å². The minimum atomic E-state index is 0.150.